The number of rotatable bonds is 8. The Morgan fingerprint density at radius 3 is 2.78 bits per heavy atom. The van der Waals surface area contributed by atoms with Crippen molar-refractivity contribution in [2.45, 2.75) is 32.0 Å². The molecule has 0 aliphatic carbocycles. The average molecular weight is 440 g/mol. The molecule has 5 nitrogen and oxygen atoms in total. The van der Waals surface area contributed by atoms with Crippen LogP contribution in [0.15, 0.2) is 29.6 Å². The number of hydrogen-bond acceptors (Lipinski definition) is 4. The van der Waals surface area contributed by atoms with Crippen molar-refractivity contribution in [1.29, 1.82) is 0 Å². The summed E-state index contributed by atoms with van der Waals surface area (Å²) in [5.41, 5.74) is 0.744. The minimum absolute atomic E-state index is 0.0826. The summed E-state index contributed by atoms with van der Waals surface area (Å²) in [4.78, 5) is 6.34. The molecular weight excluding hydrogens is 421 g/mol. The van der Waals surface area contributed by atoms with E-state index >= 15 is 0 Å². The quantitative estimate of drug-likeness (QED) is 0.459. The Morgan fingerprint density at radius 2 is 2.19 bits per heavy atom. The molecule has 2 rings (SSSR count). The van der Waals surface area contributed by atoms with Gasteiger partial charge < -0.3 is 4.90 Å². The molecule has 27 heavy (non-hydrogen) atoms. The monoisotopic (exact) mass is 439 g/mol. The average Bonchev–Trinajstić information content (AvgIpc) is 3.00. The van der Waals surface area contributed by atoms with Gasteiger partial charge in [0.1, 0.15) is 6.20 Å². The van der Waals surface area contributed by atoms with Crippen LogP contribution >= 0.6 is 23.8 Å². The van der Waals surface area contributed by atoms with Gasteiger partial charge in [-0.25, -0.2) is 0 Å². The standard InChI is InChI=1S/C16H19ClF3N4OS2/c1-2-23(14(26)5-8-27(25)9-6-16(18,19)20)13-11-24(22-15(13)17)12-4-3-7-21-10-12/h3-4,7,10-11,13H,2,5-6,8-9H2,1H3/q+1. The van der Waals surface area contributed by atoms with Crippen molar-refractivity contribution in [2.24, 2.45) is 5.10 Å². The Hall–Kier alpha value is -1.39. The Balaban J connectivity index is 1.98. The van der Waals surface area contributed by atoms with Crippen molar-refractivity contribution in [3.63, 3.8) is 0 Å². The van der Waals surface area contributed by atoms with Gasteiger partial charge in [-0.05, 0) is 13.0 Å². The number of thiocarbonyl (C=S) groups is 1. The van der Waals surface area contributed by atoms with Crippen LogP contribution in [0.4, 0.5) is 18.9 Å². The normalized spacial score (nSPS) is 18.0. The molecule has 0 N–H and O–H groups in total. The van der Waals surface area contributed by atoms with Crippen molar-refractivity contribution in [2.75, 3.05) is 18.1 Å². The summed E-state index contributed by atoms with van der Waals surface area (Å²) >= 11 is 11.7. The van der Waals surface area contributed by atoms with Crippen molar-refractivity contribution >= 4 is 56.7 Å². The van der Waals surface area contributed by atoms with Crippen LogP contribution in [-0.4, -0.2) is 65.4 Å². The molecule has 11 heteroatoms. The lowest BCUT2D eigenvalue weighted by Gasteiger charge is -2.26. The second-order valence-corrected chi connectivity index (χ2v) is 8.27. The SMILES string of the molecule is CCN(C(=S)CCS(=O)CCC(F)(F)F)C1C=[N+](c2cccnc2)N=C1Cl. The van der Waals surface area contributed by atoms with Gasteiger partial charge in [0, 0.05) is 52.6 Å². The van der Waals surface area contributed by atoms with E-state index in [0.717, 1.165) is 5.69 Å². The molecule has 2 heterocycles. The fraction of sp³-hybridized carbons (Fsp3) is 0.500. The largest absolute Gasteiger partial charge is 0.390 e. The smallest absolute Gasteiger partial charge is 0.348 e. The Labute approximate surface area is 168 Å². The second-order valence-electron chi connectivity index (χ2n) is 5.72. The van der Waals surface area contributed by atoms with Crippen LogP contribution in [-0.2, 0) is 10.8 Å². The highest BCUT2D eigenvalue weighted by Gasteiger charge is 2.34. The van der Waals surface area contributed by atoms with Crippen LogP contribution in [0.2, 0.25) is 0 Å². The van der Waals surface area contributed by atoms with Crippen LogP contribution in [0.25, 0.3) is 0 Å². The van der Waals surface area contributed by atoms with Gasteiger partial charge in [0.05, 0.1) is 11.4 Å². The Bertz CT molecular complexity index is 756. The van der Waals surface area contributed by atoms with Crippen molar-refractivity contribution in [3.8, 4) is 0 Å². The van der Waals surface area contributed by atoms with Crippen LogP contribution < -0.4 is 0 Å². The predicted octanol–water partition coefficient (Wildman–Crippen LogP) is 3.47. The van der Waals surface area contributed by atoms with Crippen molar-refractivity contribution in [1.82, 2.24) is 9.88 Å². The Kier molecular flexibility index (Phi) is 7.87. The molecule has 0 saturated heterocycles. The minimum atomic E-state index is -4.30. The number of aromatic nitrogens is 1. The molecule has 0 amide bonds. The number of pyridine rings is 1. The zero-order chi connectivity index (χ0) is 20.0. The summed E-state index contributed by atoms with van der Waals surface area (Å²) < 4.78 is 50.0. The zero-order valence-electron chi connectivity index (χ0n) is 14.5. The van der Waals surface area contributed by atoms with Gasteiger partial charge in [0.25, 0.3) is 5.69 Å². The number of hydrazone groups is 1. The maximum absolute atomic E-state index is 12.2. The molecule has 1 aliphatic rings. The lowest BCUT2D eigenvalue weighted by molar-refractivity contribution is -0.437. The summed E-state index contributed by atoms with van der Waals surface area (Å²) in [6, 6.07) is 3.23. The molecule has 1 aliphatic heterocycles. The van der Waals surface area contributed by atoms with Crippen molar-refractivity contribution in [3.05, 3.63) is 24.5 Å². The van der Waals surface area contributed by atoms with E-state index in [0.29, 0.717) is 16.7 Å². The fourth-order valence-electron chi connectivity index (χ4n) is 2.44. The zero-order valence-corrected chi connectivity index (χ0v) is 16.9. The first-order valence-corrected chi connectivity index (χ1v) is 10.5. The Morgan fingerprint density at radius 1 is 1.44 bits per heavy atom. The second kappa shape index (κ2) is 9.70. The van der Waals surface area contributed by atoms with Gasteiger partial charge in [-0.15, -0.1) is 0 Å². The molecule has 0 radical (unpaired) electrons. The highest BCUT2D eigenvalue weighted by Crippen LogP contribution is 2.20. The van der Waals surface area contributed by atoms with Gasteiger partial charge >= 0.3 is 6.18 Å². The molecular formula is C16H19ClF3N4OS2+. The van der Waals surface area contributed by atoms with E-state index in [1.165, 1.54) is 0 Å². The first-order valence-electron chi connectivity index (χ1n) is 8.20. The minimum Gasteiger partial charge on any atom is -0.348 e. The molecule has 148 valence electrons. The van der Waals surface area contributed by atoms with E-state index in [-0.39, 0.29) is 18.2 Å². The molecule has 0 fully saturated rings. The maximum atomic E-state index is 12.2. The number of nitrogens with zero attached hydrogens (tertiary/aromatic N) is 4. The van der Waals surface area contributed by atoms with Crippen LogP contribution in [0.3, 0.4) is 0 Å². The molecule has 1 aromatic heterocycles. The molecule has 2 unspecified atom stereocenters. The number of hydrogen-bond donors (Lipinski definition) is 0. The van der Waals surface area contributed by atoms with Crippen LogP contribution in [0.5, 0.6) is 0 Å². The third-order valence-corrected chi connectivity index (χ3v) is 5.85. The van der Waals surface area contributed by atoms with Gasteiger partial charge in [0.15, 0.2) is 6.04 Å². The molecule has 0 saturated carbocycles. The summed E-state index contributed by atoms with van der Waals surface area (Å²) in [5, 5.41) is 4.60. The molecule has 0 spiro atoms. The van der Waals surface area contributed by atoms with Gasteiger partial charge in [-0.1, -0.05) is 28.5 Å². The summed E-state index contributed by atoms with van der Waals surface area (Å²) in [6.45, 7) is 2.42. The van der Waals surface area contributed by atoms with Gasteiger partial charge in [0.2, 0.25) is 11.4 Å². The third kappa shape index (κ3) is 6.62. The first kappa shape index (κ1) is 21.9. The maximum Gasteiger partial charge on any atom is 0.390 e. The van der Waals surface area contributed by atoms with E-state index in [1.807, 2.05) is 17.9 Å². The molecule has 1 aromatic rings. The lowest BCUT2D eigenvalue weighted by atomic mass is 10.2. The van der Waals surface area contributed by atoms with Gasteiger partial charge in [-0.2, -0.15) is 13.2 Å². The lowest BCUT2D eigenvalue weighted by Crippen LogP contribution is -2.43. The van der Waals surface area contributed by atoms with E-state index in [1.54, 1.807) is 29.4 Å². The summed E-state index contributed by atoms with van der Waals surface area (Å²) in [6.07, 6.45) is -0.0342. The van der Waals surface area contributed by atoms with Crippen LogP contribution in [0.1, 0.15) is 19.8 Å². The van der Waals surface area contributed by atoms with Crippen molar-refractivity contribution < 1.29 is 22.1 Å². The number of halogens is 4. The first-order chi connectivity index (χ1) is 12.7. The fourth-order valence-corrected chi connectivity index (χ4v) is 4.25. The van der Waals surface area contributed by atoms with Crippen LogP contribution in [0, 0.1) is 0 Å². The summed E-state index contributed by atoms with van der Waals surface area (Å²) in [7, 11) is -1.58. The van der Waals surface area contributed by atoms with E-state index in [9.17, 15) is 17.4 Å². The van der Waals surface area contributed by atoms with Gasteiger partial charge in [-0.3, -0.25) is 9.19 Å². The van der Waals surface area contributed by atoms with E-state index in [2.05, 4.69) is 10.1 Å². The topological polar surface area (TPSA) is 48.6 Å². The molecule has 0 aromatic carbocycles. The highest BCUT2D eigenvalue weighted by atomic mass is 35.5. The number of alkyl halides is 3. The molecule has 2 atom stereocenters. The van der Waals surface area contributed by atoms with E-state index in [4.69, 9.17) is 23.8 Å². The predicted molar refractivity (Wildman–Crippen MR) is 105 cm³/mol. The summed E-state index contributed by atoms with van der Waals surface area (Å²) in [5.74, 6) is -0.329. The third-order valence-electron chi connectivity index (χ3n) is 3.79. The molecule has 0 bridgehead atoms. The highest BCUT2D eigenvalue weighted by molar-refractivity contribution is 7.85. The van der Waals surface area contributed by atoms with E-state index < -0.39 is 29.1 Å².